The van der Waals surface area contributed by atoms with Gasteiger partial charge in [0.25, 0.3) is 0 Å². The zero-order valence-corrected chi connectivity index (χ0v) is 19.4. The molecular weight excluding hydrogens is 418 g/mol. The summed E-state index contributed by atoms with van der Waals surface area (Å²) in [5, 5.41) is 14.6. The lowest BCUT2D eigenvalue weighted by atomic mass is 10.0. The number of carbonyl (C=O) groups is 4. The van der Waals surface area contributed by atoms with E-state index in [0.717, 1.165) is 0 Å². The summed E-state index contributed by atoms with van der Waals surface area (Å²) in [6.45, 7) is 8.54. The van der Waals surface area contributed by atoms with E-state index in [1.54, 1.807) is 27.7 Å². The number of phenolic OH excluding ortho intramolecular Hbond substituents is 1. The minimum absolute atomic E-state index is 0.00385. The average molecular weight is 452 g/mol. The van der Waals surface area contributed by atoms with E-state index in [0.29, 0.717) is 5.56 Å². The smallest absolute Gasteiger partial charge is 0.408 e. The number of hydrogen-bond acceptors (Lipinski definition) is 7. The molecule has 2 atom stereocenters. The van der Waals surface area contributed by atoms with Crippen molar-refractivity contribution in [3.05, 3.63) is 29.8 Å². The summed E-state index contributed by atoms with van der Waals surface area (Å²) in [7, 11) is 1.43. The Bertz CT molecular complexity index is 803. The molecule has 1 aromatic carbocycles. The molecule has 1 aromatic rings. The number of rotatable bonds is 9. The first kappa shape index (κ1) is 26.7. The second-order valence-corrected chi connectivity index (χ2v) is 8.16. The third-order valence-corrected chi connectivity index (χ3v) is 4.23. The van der Waals surface area contributed by atoms with Gasteiger partial charge in [-0.3, -0.25) is 14.4 Å². The van der Waals surface area contributed by atoms with Crippen LogP contribution in [0.3, 0.4) is 0 Å². The third-order valence-electron chi connectivity index (χ3n) is 4.23. The highest BCUT2D eigenvalue weighted by molar-refractivity contribution is 5.91. The number of benzene rings is 1. The maximum Gasteiger partial charge on any atom is 0.408 e. The molecular formula is C22H33N3O7. The molecule has 0 aliphatic carbocycles. The zero-order valence-electron chi connectivity index (χ0n) is 19.4. The summed E-state index contributed by atoms with van der Waals surface area (Å²) in [6, 6.07) is 3.79. The van der Waals surface area contributed by atoms with Crippen molar-refractivity contribution >= 4 is 23.9 Å². The molecule has 0 bridgehead atoms. The summed E-state index contributed by atoms with van der Waals surface area (Å²) < 4.78 is 10.0. The van der Waals surface area contributed by atoms with E-state index in [-0.39, 0.29) is 25.3 Å². The van der Waals surface area contributed by atoms with Crippen LogP contribution in [0, 0.1) is 0 Å². The Morgan fingerprint density at radius 3 is 2.25 bits per heavy atom. The lowest BCUT2D eigenvalue weighted by Gasteiger charge is -2.30. The molecule has 0 aliphatic rings. The monoisotopic (exact) mass is 451 g/mol. The molecule has 10 heteroatoms. The van der Waals surface area contributed by atoms with Gasteiger partial charge in [-0.2, -0.15) is 0 Å². The summed E-state index contributed by atoms with van der Waals surface area (Å²) in [5.41, 5.74) is -0.289. The maximum atomic E-state index is 12.9. The Hall–Kier alpha value is -3.30. The molecule has 0 heterocycles. The van der Waals surface area contributed by atoms with Gasteiger partial charge in [0.05, 0.1) is 13.0 Å². The van der Waals surface area contributed by atoms with Gasteiger partial charge in [0.1, 0.15) is 23.4 Å². The second kappa shape index (κ2) is 11.9. The average Bonchev–Trinajstić information content (AvgIpc) is 2.67. The molecule has 0 spiro atoms. The molecule has 1 rings (SSSR count). The number of aromatic hydroxyl groups is 1. The molecule has 10 nitrogen and oxygen atoms in total. The number of ether oxygens (including phenoxy) is 2. The van der Waals surface area contributed by atoms with Gasteiger partial charge in [0.2, 0.25) is 11.8 Å². The predicted molar refractivity (Wildman–Crippen MR) is 117 cm³/mol. The van der Waals surface area contributed by atoms with E-state index in [1.165, 1.54) is 43.1 Å². The van der Waals surface area contributed by atoms with Crippen molar-refractivity contribution in [3.8, 4) is 5.75 Å². The van der Waals surface area contributed by atoms with E-state index in [4.69, 9.17) is 9.47 Å². The quantitative estimate of drug-likeness (QED) is 0.488. The molecule has 0 aliphatic heterocycles. The molecule has 3 N–H and O–H groups in total. The molecule has 178 valence electrons. The SMILES string of the molecule is CCOC(=O)CCNC(=O)C(c1ccc(O)cc1)N(C)C(=O)C(C)NC(=O)OC(C)(C)C. The van der Waals surface area contributed by atoms with Gasteiger partial charge in [-0.25, -0.2) is 4.79 Å². The number of carbonyl (C=O) groups excluding carboxylic acids is 4. The third kappa shape index (κ3) is 8.83. The van der Waals surface area contributed by atoms with Crippen molar-refractivity contribution in [2.75, 3.05) is 20.2 Å². The van der Waals surface area contributed by atoms with Gasteiger partial charge in [-0.15, -0.1) is 0 Å². The van der Waals surface area contributed by atoms with Crippen LogP contribution in [0.25, 0.3) is 0 Å². The van der Waals surface area contributed by atoms with Gasteiger partial charge >= 0.3 is 12.1 Å². The first-order chi connectivity index (χ1) is 14.9. The van der Waals surface area contributed by atoms with E-state index in [1.807, 2.05) is 0 Å². The number of likely N-dealkylation sites (N-methyl/N-ethyl adjacent to an activating group) is 1. The van der Waals surface area contributed by atoms with Crippen LogP contribution in [0.1, 0.15) is 52.6 Å². The molecule has 32 heavy (non-hydrogen) atoms. The molecule has 0 saturated carbocycles. The highest BCUT2D eigenvalue weighted by Crippen LogP contribution is 2.23. The van der Waals surface area contributed by atoms with Crippen LogP contribution >= 0.6 is 0 Å². The topological polar surface area (TPSA) is 134 Å². The van der Waals surface area contributed by atoms with Crippen molar-refractivity contribution in [1.82, 2.24) is 15.5 Å². The van der Waals surface area contributed by atoms with Crippen molar-refractivity contribution in [3.63, 3.8) is 0 Å². The number of phenols is 1. The van der Waals surface area contributed by atoms with Crippen molar-refractivity contribution in [2.24, 2.45) is 0 Å². The molecule has 0 saturated heterocycles. The van der Waals surface area contributed by atoms with Crippen LogP contribution in [0.2, 0.25) is 0 Å². The largest absolute Gasteiger partial charge is 0.508 e. The summed E-state index contributed by atoms with van der Waals surface area (Å²) >= 11 is 0. The van der Waals surface area contributed by atoms with Crippen LogP contribution < -0.4 is 10.6 Å². The molecule has 3 amide bonds. The highest BCUT2D eigenvalue weighted by atomic mass is 16.6. The van der Waals surface area contributed by atoms with E-state index in [9.17, 15) is 24.3 Å². The number of nitrogens with zero attached hydrogens (tertiary/aromatic N) is 1. The van der Waals surface area contributed by atoms with Gasteiger partial charge in [-0.05, 0) is 52.3 Å². The van der Waals surface area contributed by atoms with Crippen LogP contribution in [-0.4, -0.2) is 65.7 Å². The van der Waals surface area contributed by atoms with Crippen molar-refractivity contribution in [1.29, 1.82) is 0 Å². The van der Waals surface area contributed by atoms with Gasteiger partial charge in [0, 0.05) is 13.6 Å². The molecule has 0 aromatic heterocycles. The Kier molecular flexibility index (Phi) is 9.96. The van der Waals surface area contributed by atoms with E-state index < -0.39 is 41.6 Å². The molecule has 2 unspecified atom stereocenters. The van der Waals surface area contributed by atoms with Crippen molar-refractivity contribution < 1.29 is 33.8 Å². The van der Waals surface area contributed by atoms with Crippen LogP contribution in [-0.2, 0) is 23.9 Å². The van der Waals surface area contributed by atoms with Crippen LogP contribution in [0.4, 0.5) is 4.79 Å². The lowest BCUT2D eigenvalue weighted by Crippen LogP contribution is -2.50. The number of esters is 1. The first-order valence-corrected chi connectivity index (χ1v) is 10.3. The van der Waals surface area contributed by atoms with Gasteiger partial charge < -0.3 is 30.1 Å². The Morgan fingerprint density at radius 2 is 1.72 bits per heavy atom. The number of nitrogens with one attached hydrogen (secondary N) is 2. The summed E-state index contributed by atoms with van der Waals surface area (Å²) in [4.78, 5) is 50.6. The minimum atomic E-state index is -1.06. The second-order valence-electron chi connectivity index (χ2n) is 8.16. The Labute approximate surface area is 188 Å². The zero-order chi connectivity index (χ0) is 24.5. The van der Waals surface area contributed by atoms with Gasteiger partial charge in [0.15, 0.2) is 0 Å². The molecule has 0 radical (unpaired) electrons. The van der Waals surface area contributed by atoms with E-state index >= 15 is 0 Å². The lowest BCUT2D eigenvalue weighted by molar-refractivity contribution is -0.143. The first-order valence-electron chi connectivity index (χ1n) is 10.3. The van der Waals surface area contributed by atoms with Gasteiger partial charge in [-0.1, -0.05) is 12.1 Å². The fourth-order valence-electron chi connectivity index (χ4n) is 2.80. The summed E-state index contributed by atoms with van der Waals surface area (Å²) in [6.07, 6.45) is -0.775. The highest BCUT2D eigenvalue weighted by Gasteiger charge is 2.32. The number of alkyl carbamates (subject to hydrolysis) is 1. The van der Waals surface area contributed by atoms with E-state index in [2.05, 4.69) is 10.6 Å². The number of hydrogen-bond donors (Lipinski definition) is 3. The normalized spacial score (nSPS) is 12.8. The van der Waals surface area contributed by atoms with Crippen LogP contribution in [0.15, 0.2) is 24.3 Å². The Balaban J connectivity index is 2.96. The fraction of sp³-hybridized carbons (Fsp3) is 0.545. The summed E-state index contributed by atoms with van der Waals surface area (Å²) in [5.74, 6) is -1.51. The standard InChI is InChI=1S/C22H33N3O7/c1-7-31-17(27)12-13-23-19(28)18(15-8-10-16(26)11-9-15)25(6)20(29)14(2)24-21(30)32-22(3,4)5/h8-11,14,18,26H,7,12-13H2,1-6H3,(H,23,28)(H,24,30). The Morgan fingerprint density at radius 1 is 1.12 bits per heavy atom. The fourth-order valence-corrected chi connectivity index (χ4v) is 2.80. The van der Waals surface area contributed by atoms with Crippen molar-refractivity contribution in [2.45, 2.75) is 58.7 Å². The predicted octanol–water partition coefficient (Wildman–Crippen LogP) is 1.87. The minimum Gasteiger partial charge on any atom is -0.508 e. The maximum absolute atomic E-state index is 12.9. The number of amides is 3. The molecule has 0 fully saturated rings. The van der Waals surface area contributed by atoms with Crippen LogP contribution in [0.5, 0.6) is 5.75 Å².